The van der Waals surface area contributed by atoms with E-state index in [2.05, 4.69) is 10.6 Å². The number of carbonyl (C=O) groups is 3. The highest BCUT2D eigenvalue weighted by atomic mass is 16.6. The summed E-state index contributed by atoms with van der Waals surface area (Å²) in [6, 6.07) is 11.3. The maximum absolute atomic E-state index is 13.0. The fourth-order valence-corrected chi connectivity index (χ4v) is 3.55. The lowest BCUT2D eigenvalue weighted by Gasteiger charge is -2.22. The van der Waals surface area contributed by atoms with E-state index < -0.39 is 29.9 Å². The summed E-state index contributed by atoms with van der Waals surface area (Å²) >= 11 is 0. The van der Waals surface area contributed by atoms with Crippen molar-refractivity contribution in [2.45, 2.75) is 19.4 Å². The molecule has 2 aliphatic heterocycles. The van der Waals surface area contributed by atoms with Gasteiger partial charge in [-0.25, -0.2) is 4.79 Å². The molecule has 1 atom stereocenters. The molecule has 2 aliphatic rings. The Morgan fingerprint density at radius 2 is 1.84 bits per heavy atom. The van der Waals surface area contributed by atoms with E-state index in [1.54, 1.807) is 49.4 Å². The van der Waals surface area contributed by atoms with Crippen molar-refractivity contribution in [3.63, 3.8) is 0 Å². The average Bonchev–Trinajstić information content (AvgIpc) is 2.98. The highest BCUT2D eigenvalue weighted by Crippen LogP contribution is 2.33. The highest BCUT2D eigenvalue weighted by molar-refractivity contribution is 6.10. The van der Waals surface area contributed by atoms with Crippen LogP contribution >= 0.6 is 0 Å². The molecule has 4 rings (SSSR count). The van der Waals surface area contributed by atoms with Crippen molar-refractivity contribution < 1.29 is 28.6 Å². The number of hydrogen-bond donors (Lipinski definition) is 2. The summed E-state index contributed by atoms with van der Waals surface area (Å²) in [5.74, 6) is 0.795. The largest absolute Gasteiger partial charge is 0.494 e. The van der Waals surface area contributed by atoms with Gasteiger partial charge < -0.3 is 24.8 Å². The molecule has 0 aromatic heterocycles. The van der Waals surface area contributed by atoms with Gasteiger partial charge in [0.15, 0.2) is 11.5 Å². The van der Waals surface area contributed by atoms with Crippen LogP contribution in [0.4, 0.5) is 10.5 Å². The van der Waals surface area contributed by atoms with E-state index in [9.17, 15) is 14.4 Å². The maximum Gasteiger partial charge on any atom is 0.325 e. The topological polar surface area (TPSA) is 106 Å². The van der Waals surface area contributed by atoms with Crippen molar-refractivity contribution in [3.05, 3.63) is 48.0 Å². The zero-order valence-corrected chi connectivity index (χ0v) is 17.3. The van der Waals surface area contributed by atoms with Crippen LogP contribution in [0.25, 0.3) is 0 Å². The lowest BCUT2D eigenvalue weighted by molar-refractivity contribution is -0.133. The standard InChI is InChI=1S/C22H23N3O6/c1-3-29-16-7-4-14(5-8-16)22(2)20(27)25(21(28)24-22)13-19(26)23-15-6-9-17-18(12-15)31-11-10-30-17/h4-9,12H,3,10-11,13H2,1-2H3,(H,23,26)(H,24,28)/t22-/m0/s1. The summed E-state index contributed by atoms with van der Waals surface area (Å²) in [6.45, 7) is 4.50. The molecule has 0 saturated carbocycles. The molecule has 0 radical (unpaired) electrons. The Kier molecular flexibility index (Phi) is 5.41. The van der Waals surface area contributed by atoms with Crippen LogP contribution in [0, 0.1) is 0 Å². The van der Waals surface area contributed by atoms with Crippen LogP contribution in [-0.4, -0.2) is 49.1 Å². The zero-order valence-electron chi connectivity index (χ0n) is 17.3. The van der Waals surface area contributed by atoms with Gasteiger partial charge in [0.25, 0.3) is 5.91 Å². The Morgan fingerprint density at radius 3 is 2.55 bits per heavy atom. The summed E-state index contributed by atoms with van der Waals surface area (Å²) in [4.78, 5) is 38.9. The van der Waals surface area contributed by atoms with Gasteiger partial charge in [0.1, 0.15) is 31.0 Å². The van der Waals surface area contributed by atoms with E-state index in [0.29, 0.717) is 48.3 Å². The molecule has 1 fully saturated rings. The van der Waals surface area contributed by atoms with Crippen LogP contribution in [0.15, 0.2) is 42.5 Å². The maximum atomic E-state index is 13.0. The number of nitrogens with one attached hydrogen (secondary N) is 2. The van der Waals surface area contributed by atoms with Crippen LogP contribution in [0.3, 0.4) is 0 Å². The Morgan fingerprint density at radius 1 is 1.13 bits per heavy atom. The molecule has 0 aliphatic carbocycles. The van der Waals surface area contributed by atoms with E-state index in [1.165, 1.54) is 0 Å². The number of hydrogen-bond acceptors (Lipinski definition) is 6. The van der Waals surface area contributed by atoms with Gasteiger partial charge >= 0.3 is 6.03 Å². The number of benzene rings is 2. The van der Waals surface area contributed by atoms with Gasteiger partial charge in [-0.3, -0.25) is 14.5 Å². The second-order valence-electron chi connectivity index (χ2n) is 7.31. The normalized spacial score (nSPS) is 19.7. The zero-order chi connectivity index (χ0) is 22.0. The third-order valence-electron chi connectivity index (χ3n) is 5.15. The Labute approximate surface area is 179 Å². The van der Waals surface area contributed by atoms with Crippen LogP contribution in [0.2, 0.25) is 0 Å². The van der Waals surface area contributed by atoms with Crippen molar-refractivity contribution in [3.8, 4) is 17.2 Å². The number of imide groups is 1. The second kappa shape index (κ2) is 8.17. The quantitative estimate of drug-likeness (QED) is 0.688. The van der Waals surface area contributed by atoms with Crippen LogP contribution in [-0.2, 0) is 15.1 Å². The van der Waals surface area contributed by atoms with Gasteiger partial charge in [0.05, 0.1) is 6.61 Å². The molecule has 1 saturated heterocycles. The molecule has 2 heterocycles. The van der Waals surface area contributed by atoms with Crippen molar-refractivity contribution in [2.75, 3.05) is 31.7 Å². The van der Waals surface area contributed by atoms with Crippen molar-refractivity contribution in [1.29, 1.82) is 0 Å². The second-order valence-corrected chi connectivity index (χ2v) is 7.31. The molecule has 162 valence electrons. The molecule has 2 aromatic rings. The minimum Gasteiger partial charge on any atom is -0.494 e. The highest BCUT2D eigenvalue weighted by Gasteiger charge is 2.49. The summed E-state index contributed by atoms with van der Waals surface area (Å²) < 4.78 is 16.4. The van der Waals surface area contributed by atoms with E-state index in [-0.39, 0.29) is 0 Å². The van der Waals surface area contributed by atoms with Crippen molar-refractivity contribution in [1.82, 2.24) is 10.2 Å². The first kappa shape index (κ1) is 20.5. The molecule has 31 heavy (non-hydrogen) atoms. The average molecular weight is 425 g/mol. The third-order valence-corrected chi connectivity index (χ3v) is 5.15. The fraction of sp³-hybridized carbons (Fsp3) is 0.318. The van der Waals surface area contributed by atoms with Gasteiger partial charge in [0, 0.05) is 11.8 Å². The number of amides is 4. The van der Waals surface area contributed by atoms with Gasteiger partial charge in [-0.2, -0.15) is 0 Å². The first-order valence-corrected chi connectivity index (χ1v) is 9.97. The van der Waals surface area contributed by atoms with Crippen molar-refractivity contribution in [2.24, 2.45) is 0 Å². The van der Waals surface area contributed by atoms with Gasteiger partial charge in [0.2, 0.25) is 5.91 Å². The SMILES string of the molecule is CCOc1ccc([C@]2(C)NC(=O)N(CC(=O)Nc3ccc4c(c3)OCCO4)C2=O)cc1. The number of rotatable bonds is 6. The molecule has 2 aromatic carbocycles. The number of anilines is 1. The molecular weight excluding hydrogens is 402 g/mol. The molecule has 9 heteroatoms. The van der Waals surface area contributed by atoms with Crippen LogP contribution in [0.1, 0.15) is 19.4 Å². The summed E-state index contributed by atoms with van der Waals surface area (Å²) in [6.07, 6.45) is 0. The molecule has 9 nitrogen and oxygen atoms in total. The Hall–Kier alpha value is -3.75. The minimum absolute atomic E-state index is 0.411. The van der Waals surface area contributed by atoms with E-state index in [1.807, 2.05) is 6.92 Å². The molecule has 0 spiro atoms. The first-order valence-electron chi connectivity index (χ1n) is 9.97. The lowest BCUT2D eigenvalue weighted by Crippen LogP contribution is -2.42. The number of urea groups is 1. The molecule has 0 unspecified atom stereocenters. The van der Waals surface area contributed by atoms with E-state index in [4.69, 9.17) is 14.2 Å². The van der Waals surface area contributed by atoms with Gasteiger partial charge in [-0.05, 0) is 43.7 Å². The molecular formula is C22H23N3O6. The number of nitrogens with zero attached hydrogens (tertiary/aromatic N) is 1. The fourth-order valence-electron chi connectivity index (χ4n) is 3.55. The van der Waals surface area contributed by atoms with Crippen molar-refractivity contribution >= 4 is 23.5 Å². The van der Waals surface area contributed by atoms with Crippen LogP contribution < -0.4 is 24.8 Å². The summed E-state index contributed by atoms with van der Waals surface area (Å²) in [5, 5.41) is 5.37. The summed E-state index contributed by atoms with van der Waals surface area (Å²) in [7, 11) is 0. The smallest absolute Gasteiger partial charge is 0.325 e. The summed E-state index contributed by atoms with van der Waals surface area (Å²) in [5.41, 5.74) is -0.182. The Bertz CT molecular complexity index is 1020. The van der Waals surface area contributed by atoms with Gasteiger partial charge in [-0.1, -0.05) is 12.1 Å². The van der Waals surface area contributed by atoms with Gasteiger partial charge in [-0.15, -0.1) is 0 Å². The van der Waals surface area contributed by atoms with E-state index >= 15 is 0 Å². The third kappa shape index (κ3) is 3.98. The Balaban J connectivity index is 1.44. The van der Waals surface area contributed by atoms with E-state index in [0.717, 1.165) is 4.90 Å². The molecule has 2 N–H and O–H groups in total. The number of fused-ring (bicyclic) bond motifs is 1. The molecule has 0 bridgehead atoms. The monoisotopic (exact) mass is 425 g/mol. The predicted octanol–water partition coefficient (Wildman–Crippen LogP) is 2.26. The minimum atomic E-state index is -1.26. The number of carbonyl (C=O) groups excluding carboxylic acids is 3. The molecule has 4 amide bonds. The lowest BCUT2D eigenvalue weighted by atomic mass is 9.92. The van der Waals surface area contributed by atoms with Crippen LogP contribution in [0.5, 0.6) is 17.2 Å². The number of ether oxygens (including phenoxy) is 3. The first-order chi connectivity index (χ1) is 14.9. The predicted molar refractivity (Wildman–Crippen MR) is 111 cm³/mol.